The molecule has 0 saturated carbocycles. The van der Waals surface area contributed by atoms with Crippen molar-refractivity contribution in [2.45, 2.75) is 53.3 Å². The van der Waals surface area contributed by atoms with Crippen LogP contribution < -0.4 is 37.9 Å². The summed E-state index contributed by atoms with van der Waals surface area (Å²) < 4.78 is 14.3. The number of nitrogens with one attached hydrogen (secondary N) is 3. The van der Waals surface area contributed by atoms with E-state index in [-0.39, 0.29) is 54.8 Å². The molecule has 4 rings (SSSR count). The first-order valence-electron chi connectivity index (χ1n) is 15.4. The van der Waals surface area contributed by atoms with Crippen LogP contribution in [0.15, 0.2) is 42.6 Å². The van der Waals surface area contributed by atoms with Crippen LogP contribution in [0.5, 0.6) is 5.75 Å². The van der Waals surface area contributed by atoms with Gasteiger partial charge in [-0.2, -0.15) is 5.10 Å². The average molecular weight is 676 g/mol. The predicted molar refractivity (Wildman–Crippen MR) is 183 cm³/mol. The Labute approximate surface area is 282 Å². The molecular formula is C32H41N11O6. The number of pyridine rings is 1. The number of anilines is 3. The molecule has 17 nitrogen and oxygen atoms in total. The first-order valence-corrected chi connectivity index (χ1v) is 15.4. The van der Waals surface area contributed by atoms with E-state index in [0.717, 1.165) is 0 Å². The summed E-state index contributed by atoms with van der Waals surface area (Å²) in [4.78, 5) is 57.7. The Morgan fingerprint density at radius 3 is 2.43 bits per heavy atom. The SMILES string of the molecule is CCn1nc(C)cc1C(=O)Nc1nc2cc(C(N)=O)cnc2n1C/C=C/CNc1c(N)cc(C(N)=O)cc1OCCNC(=O)OC(C)(C)C. The van der Waals surface area contributed by atoms with Gasteiger partial charge in [-0.15, -0.1) is 0 Å². The molecule has 0 radical (unpaired) electrons. The maximum Gasteiger partial charge on any atom is 0.407 e. The van der Waals surface area contributed by atoms with E-state index in [4.69, 9.17) is 26.7 Å². The Bertz CT molecular complexity index is 1910. The predicted octanol–water partition coefficient (Wildman–Crippen LogP) is 2.56. The molecule has 1 aromatic carbocycles. The number of primary amides is 2. The van der Waals surface area contributed by atoms with Gasteiger partial charge in [-0.25, -0.2) is 14.8 Å². The Morgan fingerprint density at radius 2 is 1.76 bits per heavy atom. The fourth-order valence-corrected chi connectivity index (χ4v) is 4.68. The van der Waals surface area contributed by atoms with Crippen molar-refractivity contribution < 1.29 is 28.7 Å². The number of aromatic nitrogens is 5. The molecule has 260 valence electrons. The summed E-state index contributed by atoms with van der Waals surface area (Å²) in [5, 5.41) is 12.9. The molecule has 4 aromatic rings. The quantitative estimate of drug-likeness (QED) is 0.0644. The van der Waals surface area contributed by atoms with Gasteiger partial charge in [0, 0.05) is 31.4 Å². The first kappa shape index (κ1) is 35.7. The summed E-state index contributed by atoms with van der Waals surface area (Å²) in [5.41, 5.74) is 19.3. The third-order valence-electron chi connectivity index (χ3n) is 6.83. The second-order valence-corrected chi connectivity index (χ2v) is 11.9. The zero-order valence-corrected chi connectivity index (χ0v) is 28.0. The molecule has 0 atom stereocenters. The smallest absolute Gasteiger partial charge is 0.407 e. The topological polar surface area (TPSA) is 249 Å². The van der Waals surface area contributed by atoms with E-state index in [9.17, 15) is 19.2 Å². The molecule has 3 heterocycles. The number of carbonyl (C=O) groups is 4. The number of ether oxygens (including phenoxy) is 2. The van der Waals surface area contributed by atoms with Crippen LogP contribution >= 0.6 is 0 Å². The highest BCUT2D eigenvalue weighted by molar-refractivity contribution is 6.03. The summed E-state index contributed by atoms with van der Waals surface area (Å²) in [7, 11) is 0. The Hall–Kier alpha value is -6.13. The molecule has 4 amide bonds. The maximum absolute atomic E-state index is 13.2. The first-order chi connectivity index (χ1) is 23.2. The Kier molecular flexibility index (Phi) is 11.1. The van der Waals surface area contributed by atoms with Gasteiger partial charge in [0.2, 0.25) is 17.8 Å². The van der Waals surface area contributed by atoms with Crippen LogP contribution in [0.3, 0.4) is 0 Å². The number of imidazole rings is 1. The van der Waals surface area contributed by atoms with Crippen molar-refractivity contribution in [3.8, 4) is 5.75 Å². The van der Waals surface area contributed by atoms with Crippen molar-refractivity contribution >= 4 is 52.3 Å². The van der Waals surface area contributed by atoms with Crippen molar-refractivity contribution in [1.82, 2.24) is 29.6 Å². The van der Waals surface area contributed by atoms with Crippen LogP contribution in [0.4, 0.5) is 22.1 Å². The molecule has 0 aliphatic rings. The lowest BCUT2D eigenvalue weighted by Crippen LogP contribution is -2.34. The number of aryl methyl sites for hydroxylation is 2. The summed E-state index contributed by atoms with van der Waals surface area (Å²) in [6.07, 6.45) is 4.37. The van der Waals surface area contributed by atoms with Crippen LogP contribution in [-0.2, 0) is 17.8 Å². The van der Waals surface area contributed by atoms with Gasteiger partial charge in [0.25, 0.3) is 5.91 Å². The van der Waals surface area contributed by atoms with Gasteiger partial charge in [-0.1, -0.05) is 12.2 Å². The van der Waals surface area contributed by atoms with E-state index in [0.29, 0.717) is 34.8 Å². The van der Waals surface area contributed by atoms with E-state index in [2.05, 4.69) is 31.0 Å². The molecule has 0 aliphatic heterocycles. The fourth-order valence-electron chi connectivity index (χ4n) is 4.68. The summed E-state index contributed by atoms with van der Waals surface area (Å²) in [6, 6.07) is 6.08. The van der Waals surface area contributed by atoms with E-state index in [1.165, 1.54) is 24.4 Å². The van der Waals surface area contributed by atoms with Gasteiger partial charge < -0.3 is 37.3 Å². The van der Waals surface area contributed by atoms with Gasteiger partial charge in [0.15, 0.2) is 5.65 Å². The summed E-state index contributed by atoms with van der Waals surface area (Å²) in [5.74, 6) is -1.29. The van der Waals surface area contributed by atoms with Crippen LogP contribution in [0, 0.1) is 6.92 Å². The molecule has 49 heavy (non-hydrogen) atoms. The summed E-state index contributed by atoms with van der Waals surface area (Å²) >= 11 is 0. The highest BCUT2D eigenvalue weighted by Crippen LogP contribution is 2.32. The van der Waals surface area contributed by atoms with Crippen molar-refractivity contribution in [2.75, 3.05) is 36.1 Å². The summed E-state index contributed by atoms with van der Waals surface area (Å²) in [6.45, 7) is 10.1. The molecule has 17 heteroatoms. The monoisotopic (exact) mass is 675 g/mol. The van der Waals surface area contributed by atoms with Gasteiger partial charge in [0.1, 0.15) is 34.9 Å². The number of rotatable bonds is 14. The van der Waals surface area contributed by atoms with Gasteiger partial charge in [-0.3, -0.25) is 28.9 Å². The van der Waals surface area contributed by atoms with E-state index < -0.39 is 29.4 Å². The van der Waals surface area contributed by atoms with Gasteiger partial charge >= 0.3 is 6.09 Å². The number of hydrogen-bond donors (Lipinski definition) is 6. The third kappa shape index (κ3) is 9.24. The third-order valence-corrected chi connectivity index (χ3v) is 6.83. The minimum absolute atomic E-state index is 0.0523. The van der Waals surface area contributed by atoms with Crippen LogP contribution in [0.1, 0.15) is 64.6 Å². The number of amides is 4. The second kappa shape index (κ2) is 15.2. The molecule has 0 bridgehead atoms. The molecular weight excluding hydrogens is 634 g/mol. The number of nitrogens with two attached hydrogens (primary N) is 3. The number of alkyl carbamates (subject to hydrolysis) is 1. The lowest BCUT2D eigenvalue weighted by Gasteiger charge is -2.20. The number of allylic oxidation sites excluding steroid dienone is 1. The number of hydrogen-bond acceptors (Lipinski definition) is 11. The Morgan fingerprint density at radius 1 is 1.02 bits per heavy atom. The van der Waals surface area contributed by atoms with Crippen molar-refractivity contribution in [1.29, 1.82) is 0 Å². The molecule has 0 unspecified atom stereocenters. The normalized spacial score (nSPS) is 11.4. The fraction of sp³-hybridized carbons (Fsp3) is 0.344. The van der Waals surface area contributed by atoms with Gasteiger partial charge in [0.05, 0.1) is 23.5 Å². The highest BCUT2D eigenvalue weighted by atomic mass is 16.6. The Balaban J connectivity index is 1.49. The zero-order valence-electron chi connectivity index (χ0n) is 28.0. The van der Waals surface area contributed by atoms with E-state index in [1.807, 2.05) is 13.0 Å². The van der Waals surface area contributed by atoms with E-state index >= 15 is 0 Å². The molecule has 0 aliphatic carbocycles. The molecule has 0 saturated heterocycles. The number of benzene rings is 1. The van der Waals surface area contributed by atoms with Crippen molar-refractivity contribution in [2.24, 2.45) is 11.5 Å². The minimum atomic E-state index is -0.684. The number of carbonyl (C=O) groups excluding carboxylic acids is 4. The van der Waals surface area contributed by atoms with Crippen LogP contribution in [0.25, 0.3) is 11.2 Å². The average Bonchev–Trinajstić information content (AvgIpc) is 3.57. The number of nitrogen functional groups attached to an aromatic ring is 1. The number of fused-ring (bicyclic) bond motifs is 1. The lowest BCUT2D eigenvalue weighted by atomic mass is 10.1. The zero-order chi connectivity index (χ0) is 35.9. The van der Waals surface area contributed by atoms with E-state index in [1.54, 1.807) is 49.1 Å². The van der Waals surface area contributed by atoms with Gasteiger partial charge in [-0.05, 0) is 58.9 Å². The minimum Gasteiger partial charge on any atom is -0.489 e. The molecule has 0 fully saturated rings. The highest BCUT2D eigenvalue weighted by Gasteiger charge is 2.20. The largest absolute Gasteiger partial charge is 0.489 e. The molecule has 9 N–H and O–H groups in total. The van der Waals surface area contributed by atoms with Crippen LogP contribution in [0.2, 0.25) is 0 Å². The van der Waals surface area contributed by atoms with Crippen LogP contribution in [-0.4, -0.2) is 73.4 Å². The molecule has 0 spiro atoms. The number of nitrogens with zero attached hydrogens (tertiary/aromatic N) is 5. The van der Waals surface area contributed by atoms with Crippen molar-refractivity contribution in [3.63, 3.8) is 0 Å². The molecule has 3 aromatic heterocycles. The van der Waals surface area contributed by atoms with Crippen molar-refractivity contribution in [3.05, 3.63) is 65.1 Å². The standard InChI is InChI=1S/C32H41N11O6/c1-6-43-23(13-18(2)41-43)29(46)40-30-39-22-15-20(27(35)45)17-38-28(22)42(30)11-8-7-9-36-25-21(33)14-19(26(34)44)16-24(25)48-12-10-37-31(47)49-32(3,4)5/h7-8,13-17,36H,6,9-12,33H2,1-5H3,(H2,34,44)(H2,35,45)(H,37,47)(H,39,40,46)/b8-7+. The second-order valence-electron chi connectivity index (χ2n) is 11.9. The lowest BCUT2D eigenvalue weighted by molar-refractivity contribution is 0.0520. The maximum atomic E-state index is 13.2.